The number of aromatic nitrogens is 3. The minimum atomic E-state index is -1.10. The van der Waals surface area contributed by atoms with E-state index in [9.17, 15) is 4.79 Å². The Morgan fingerprint density at radius 3 is 2.61 bits per heavy atom. The van der Waals surface area contributed by atoms with Gasteiger partial charge in [-0.3, -0.25) is 0 Å². The van der Waals surface area contributed by atoms with Crippen LogP contribution in [0.25, 0.3) is 11.0 Å². The van der Waals surface area contributed by atoms with Gasteiger partial charge in [0.25, 0.3) is 0 Å². The lowest BCUT2D eigenvalue weighted by atomic mass is 10.3. The fourth-order valence-corrected chi connectivity index (χ4v) is 3.00. The van der Waals surface area contributed by atoms with Crippen LogP contribution in [-0.4, -0.2) is 25.6 Å². The first-order valence-corrected chi connectivity index (χ1v) is 9.15. The molecule has 2 aromatic carbocycles. The highest BCUT2D eigenvalue weighted by Gasteiger charge is 2.11. The maximum absolute atomic E-state index is 11.1. The predicted molar refractivity (Wildman–Crippen MR) is 109 cm³/mol. The van der Waals surface area contributed by atoms with Crippen molar-refractivity contribution in [3.63, 3.8) is 0 Å². The van der Waals surface area contributed by atoms with Crippen molar-refractivity contribution in [3.8, 4) is 11.5 Å². The van der Waals surface area contributed by atoms with E-state index in [1.54, 1.807) is 12.1 Å². The van der Waals surface area contributed by atoms with Crippen molar-refractivity contribution in [3.05, 3.63) is 71.0 Å². The summed E-state index contributed by atoms with van der Waals surface area (Å²) in [5.74, 6) is 0.582. The molecular formula is C20H15BrN4O3. The molecule has 4 rings (SSSR count). The molecule has 0 saturated carbocycles. The lowest BCUT2D eigenvalue weighted by Crippen LogP contribution is -2.00. The molecule has 0 saturated heterocycles. The normalized spacial score (nSPS) is 10.8. The smallest absolute Gasteiger partial charge is 0.354 e. The molecule has 0 spiro atoms. The number of aryl methyl sites for hydroxylation is 1. The third-order valence-corrected chi connectivity index (χ3v) is 4.67. The largest absolute Gasteiger partial charge is 0.477 e. The van der Waals surface area contributed by atoms with E-state index >= 15 is 0 Å². The number of rotatable bonds is 5. The number of carboxylic acids is 1. The summed E-state index contributed by atoms with van der Waals surface area (Å²) in [4.78, 5) is 19.5. The molecular weight excluding hydrogens is 424 g/mol. The second kappa shape index (κ2) is 7.32. The standard InChI is InChI=1S/C20H15BrN4O3/c1-25-18-11-14(28-15-8-9-22-17(10-15)19(26)27)6-7-16(18)24-20(25)23-13-4-2-12(21)3-5-13/h2-11H,1H3,(H,23,24)(H,26,27). The Morgan fingerprint density at radius 1 is 1.11 bits per heavy atom. The van der Waals surface area contributed by atoms with Gasteiger partial charge in [-0.1, -0.05) is 15.9 Å². The van der Waals surface area contributed by atoms with Gasteiger partial charge in [0.2, 0.25) is 5.95 Å². The molecule has 28 heavy (non-hydrogen) atoms. The highest BCUT2D eigenvalue weighted by molar-refractivity contribution is 9.10. The molecule has 0 aliphatic rings. The van der Waals surface area contributed by atoms with E-state index in [0.717, 1.165) is 21.2 Å². The summed E-state index contributed by atoms with van der Waals surface area (Å²) in [7, 11) is 1.91. The number of carbonyl (C=O) groups is 1. The highest BCUT2D eigenvalue weighted by atomic mass is 79.9. The summed E-state index contributed by atoms with van der Waals surface area (Å²) in [5.41, 5.74) is 2.55. The summed E-state index contributed by atoms with van der Waals surface area (Å²) in [6, 6.07) is 16.3. The van der Waals surface area contributed by atoms with Crippen molar-refractivity contribution in [1.29, 1.82) is 0 Å². The average molecular weight is 439 g/mol. The summed E-state index contributed by atoms with van der Waals surface area (Å²) in [6.45, 7) is 0. The number of hydrogen-bond donors (Lipinski definition) is 2. The number of fused-ring (bicyclic) bond motifs is 1. The number of ether oxygens (including phenoxy) is 1. The van der Waals surface area contributed by atoms with E-state index < -0.39 is 5.97 Å². The zero-order chi connectivity index (χ0) is 19.7. The molecule has 140 valence electrons. The first-order valence-electron chi connectivity index (χ1n) is 8.36. The van der Waals surface area contributed by atoms with Crippen molar-refractivity contribution in [2.45, 2.75) is 0 Å². The zero-order valence-corrected chi connectivity index (χ0v) is 16.3. The van der Waals surface area contributed by atoms with Gasteiger partial charge in [-0.25, -0.2) is 14.8 Å². The van der Waals surface area contributed by atoms with Crippen LogP contribution in [0.4, 0.5) is 11.6 Å². The van der Waals surface area contributed by atoms with Crippen LogP contribution >= 0.6 is 15.9 Å². The topological polar surface area (TPSA) is 89.3 Å². The van der Waals surface area contributed by atoms with Gasteiger partial charge in [0.1, 0.15) is 11.5 Å². The number of nitrogens with zero attached hydrogens (tertiary/aromatic N) is 3. The van der Waals surface area contributed by atoms with Crippen LogP contribution in [0.1, 0.15) is 10.5 Å². The summed E-state index contributed by atoms with van der Waals surface area (Å²) < 4.78 is 8.74. The van der Waals surface area contributed by atoms with E-state index in [1.807, 2.05) is 48.0 Å². The third kappa shape index (κ3) is 3.67. The van der Waals surface area contributed by atoms with Gasteiger partial charge < -0.3 is 19.7 Å². The monoisotopic (exact) mass is 438 g/mol. The molecule has 0 aliphatic heterocycles. The number of carboxylic acid groups (broad SMARTS) is 1. The second-order valence-corrected chi connectivity index (χ2v) is 6.98. The van der Waals surface area contributed by atoms with Gasteiger partial charge >= 0.3 is 5.97 Å². The number of imidazole rings is 1. The maximum atomic E-state index is 11.1. The summed E-state index contributed by atoms with van der Waals surface area (Å²) in [6.07, 6.45) is 1.40. The number of pyridine rings is 1. The fourth-order valence-electron chi connectivity index (χ4n) is 2.73. The number of benzene rings is 2. The number of anilines is 2. The van der Waals surface area contributed by atoms with E-state index in [2.05, 4.69) is 31.2 Å². The van der Waals surface area contributed by atoms with Crippen LogP contribution in [0.3, 0.4) is 0 Å². The molecule has 2 heterocycles. The molecule has 0 fully saturated rings. The Kier molecular flexibility index (Phi) is 4.70. The Hall–Kier alpha value is -3.39. The molecule has 2 aromatic heterocycles. The minimum absolute atomic E-state index is 0.0694. The van der Waals surface area contributed by atoms with Gasteiger partial charge in [0.05, 0.1) is 11.0 Å². The number of halogens is 1. The molecule has 0 amide bonds. The molecule has 2 N–H and O–H groups in total. The Balaban J connectivity index is 1.62. The molecule has 0 bridgehead atoms. The van der Waals surface area contributed by atoms with Gasteiger partial charge in [0.15, 0.2) is 5.69 Å². The third-order valence-electron chi connectivity index (χ3n) is 4.14. The SMILES string of the molecule is Cn1c(Nc2ccc(Br)cc2)nc2ccc(Oc3ccnc(C(=O)O)c3)cc21. The van der Waals surface area contributed by atoms with Crippen LogP contribution in [0.5, 0.6) is 11.5 Å². The van der Waals surface area contributed by atoms with Crippen molar-refractivity contribution < 1.29 is 14.6 Å². The zero-order valence-electron chi connectivity index (χ0n) is 14.8. The van der Waals surface area contributed by atoms with Gasteiger partial charge in [-0.05, 0) is 42.5 Å². The van der Waals surface area contributed by atoms with Gasteiger partial charge in [0, 0.05) is 35.5 Å². The van der Waals surface area contributed by atoms with Crippen LogP contribution < -0.4 is 10.1 Å². The van der Waals surface area contributed by atoms with E-state index in [1.165, 1.54) is 12.3 Å². The molecule has 0 atom stereocenters. The minimum Gasteiger partial charge on any atom is -0.477 e. The lowest BCUT2D eigenvalue weighted by Gasteiger charge is -2.07. The van der Waals surface area contributed by atoms with E-state index in [0.29, 0.717) is 17.4 Å². The first kappa shape index (κ1) is 18.0. The van der Waals surface area contributed by atoms with Crippen LogP contribution in [0, 0.1) is 0 Å². The van der Waals surface area contributed by atoms with E-state index in [-0.39, 0.29) is 5.69 Å². The molecule has 0 aliphatic carbocycles. The summed E-state index contributed by atoms with van der Waals surface area (Å²) in [5, 5.41) is 12.3. The summed E-state index contributed by atoms with van der Waals surface area (Å²) >= 11 is 3.42. The van der Waals surface area contributed by atoms with E-state index in [4.69, 9.17) is 9.84 Å². The molecule has 0 radical (unpaired) electrons. The molecule has 4 aromatic rings. The predicted octanol–water partition coefficient (Wildman–Crippen LogP) is 4.96. The second-order valence-electron chi connectivity index (χ2n) is 6.06. The quantitative estimate of drug-likeness (QED) is 0.457. The molecule has 0 unspecified atom stereocenters. The van der Waals surface area contributed by atoms with Crippen molar-refractivity contribution in [1.82, 2.24) is 14.5 Å². The Morgan fingerprint density at radius 2 is 1.86 bits per heavy atom. The van der Waals surface area contributed by atoms with Gasteiger partial charge in [-0.2, -0.15) is 0 Å². The van der Waals surface area contributed by atoms with Crippen LogP contribution in [-0.2, 0) is 7.05 Å². The molecule has 8 heteroatoms. The number of hydrogen-bond acceptors (Lipinski definition) is 5. The fraction of sp³-hybridized carbons (Fsp3) is 0.0500. The van der Waals surface area contributed by atoms with Gasteiger partial charge in [-0.15, -0.1) is 0 Å². The lowest BCUT2D eigenvalue weighted by molar-refractivity contribution is 0.0690. The Bertz CT molecular complexity index is 1170. The average Bonchev–Trinajstić information content (AvgIpc) is 2.99. The number of aromatic carboxylic acids is 1. The van der Waals surface area contributed by atoms with Crippen molar-refractivity contribution in [2.24, 2.45) is 7.05 Å². The number of nitrogens with one attached hydrogen (secondary N) is 1. The van der Waals surface area contributed by atoms with Crippen LogP contribution in [0.15, 0.2) is 65.3 Å². The highest BCUT2D eigenvalue weighted by Crippen LogP contribution is 2.28. The van der Waals surface area contributed by atoms with Crippen molar-refractivity contribution >= 4 is 44.6 Å². The maximum Gasteiger partial charge on any atom is 0.354 e. The molecule has 7 nitrogen and oxygen atoms in total. The Labute approximate surface area is 168 Å². The first-order chi connectivity index (χ1) is 13.5. The van der Waals surface area contributed by atoms with Crippen molar-refractivity contribution in [2.75, 3.05) is 5.32 Å². The van der Waals surface area contributed by atoms with Crippen LogP contribution in [0.2, 0.25) is 0 Å².